The molecule has 43 heavy (non-hydrogen) atoms. The Morgan fingerprint density at radius 2 is 1.79 bits per heavy atom. The molecule has 12 nitrogen and oxygen atoms in total. The van der Waals surface area contributed by atoms with Crippen LogP contribution in [0.5, 0.6) is 0 Å². The molecule has 13 heteroatoms. The van der Waals surface area contributed by atoms with E-state index in [2.05, 4.69) is 6.92 Å². The quantitative estimate of drug-likeness (QED) is 0.0556. The number of phosphoric ester groups is 1. The van der Waals surface area contributed by atoms with Crippen molar-refractivity contribution in [2.45, 2.75) is 103 Å². The van der Waals surface area contributed by atoms with E-state index in [1.807, 2.05) is 21.1 Å². The highest BCUT2D eigenvalue weighted by Crippen LogP contribution is 2.38. The summed E-state index contributed by atoms with van der Waals surface area (Å²) in [7, 11) is 1.02. The van der Waals surface area contributed by atoms with E-state index in [4.69, 9.17) is 18.5 Å². The average molecular weight is 636 g/mol. The summed E-state index contributed by atoms with van der Waals surface area (Å²) >= 11 is 0. The number of ketones is 1. The molecule has 0 aromatic heterocycles. The van der Waals surface area contributed by atoms with Crippen molar-refractivity contribution in [2.75, 3.05) is 47.5 Å². The van der Waals surface area contributed by atoms with Gasteiger partial charge in [0.25, 0.3) is 7.82 Å². The molecule has 0 amide bonds. The number of nitrogens with zero attached hydrogens (tertiary/aromatic N) is 1. The highest BCUT2D eigenvalue weighted by atomic mass is 31.2. The molecule has 0 aromatic carbocycles. The molecule has 1 aliphatic carbocycles. The lowest BCUT2D eigenvalue weighted by atomic mass is 9.88. The fraction of sp³-hybridized carbons (Fsp3) is 0.833. The molecule has 1 saturated carbocycles. The van der Waals surface area contributed by atoms with Crippen LogP contribution in [-0.4, -0.2) is 98.2 Å². The van der Waals surface area contributed by atoms with E-state index in [9.17, 15) is 34.1 Å². The number of ether oxygens (including phenoxy) is 2. The normalized spacial score (nSPS) is 22.0. The van der Waals surface area contributed by atoms with Crippen LogP contribution in [0.1, 0.15) is 84.5 Å². The van der Waals surface area contributed by atoms with Crippen LogP contribution in [0.15, 0.2) is 12.2 Å². The molecule has 0 saturated heterocycles. The van der Waals surface area contributed by atoms with E-state index in [1.54, 1.807) is 12.2 Å². The number of rotatable bonds is 23. The number of quaternary nitrogens is 1. The van der Waals surface area contributed by atoms with Crippen LogP contribution in [0.4, 0.5) is 0 Å². The second-order valence-corrected chi connectivity index (χ2v) is 13.7. The number of allylic oxidation sites excluding steroid dienone is 1. The number of aliphatic hydroxyl groups is 2. The van der Waals surface area contributed by atoms with Gasteiger partial charge in [-0.2, -0.15) is 0 Å². The number of aliphatic hydroxyl groups excluding tert-OH is 2. The van der Waals surface area contributed by atoms with Gasteiger partial charge in [0.05, 0.1) is 40.0 Å². The van der Waals surface area contributed by atoms with Crippen LogP contribution in [0.3, 0.4) is 0 Å². The first-order chi connectivity index (χ1) is 20.1. The highest BCUT2D eigenvalue weighted by Gasteiger charge is 2.39. The Kier molecular flexibility index (Phi) is 18.7. The number of unbranched alkanes of at least 4 members (excludes halogenated alkanes) is 5. The number of phosphoric acid groups is 1. The minimum Gasteiger partial charge on any atom is -0.756 e. The van der Waals surface area contributed by atoms with Crippen molar-refractivity contribution < 1.29 is 57.1 Å². The van der Waals surface area contributed by atoms with Gasteiger partial charge >= 0.3 is 11.9 Å². The van der Waals surface area contributed by atoms with Crippen LogP contribution < -0.4 is 4.89 Å². The molecule has 0 spiro atoms. The third-order valence-corrected chi connectivity index (χ3v) is 8.21. The van der Waals surface area contributed by atoms with Gasteiger partial charge in [0, 0.05) is 25.7 Å². The number of hydrogen-bond donors (Lipinski definition) is 2. The summed E-state index contributed by atoms with van der Waals surface area (Å²) in [4.78, 5) is 48.0. The Labute approximate surface area is 256 Å². The Morgan fingerprint density at radius 1 is 1.09 bits per heavy atom. The van der Waals surface area contributed by atoms with E-state index in [1.165, 1.54) is 0 Å². The summed E-state index contributed by atoms with van der Waals surface area (Å²) in [5.41, 5.74) is 0. The lowest BCUT2D eigenvalue weighted by Crippen LogP contribution is -2.37. The maximum absolute atomic E-state index is 12.4. The number of carbonyl (C=O) groups excluding carboxylic acids is 3. The topological polar surface area (TPSA) is 169 Å². The van der Waals surface area contributed by atoms with Crippen LogP contribution in [0, 0.1) is 11.8 Å². The zero-order valence-electron chi connectivity index (χ0n) is 26.6. The molecule has 1 unspecified atom stereocenters. The van der Waals surface area contributed by atoms with E-state index >= 15 is 0 Å². The Hall–Kier alpha value is -1.66. The van der Waals surface area contributed by atoms with Gasteiger partial charge in [0.1, 0.15) is 25.5 Å². The van der Waals surface area contributed by atoms with Crippen molar-refractivity contribution in [1.82, 2.24) is 0 Å². The number of likely N-dealkylation sites (N-methyl/N-ethyl adjacent to an activating group) is 1. The van der Waals surface area contributed by atoms with Gasteiger partial charge in [-0.05, 0) is 25.2 Å². The van der Waals surface area contributed by atoms with Crippen molar-refractivity contribution >= 4 is 25.5 Å². The molecule has 0 radical (unpaired) electrons. The molecule has 250 valence electrons. The zero-order valence-corrected chi connectivity index (χ0v) is 27.5. The van der Waals surface area contributed by atoms with Gasteiger partial charge in [-0.15, -0.1) is 0 Å². The number of carbonyl (C=O) groups is 3. The fourth-order valence-corrected chi connectivity index (χ4v) is 5.52. The summed E-state index contributed by atoms with van der Waals surface area (Å²) in [5.74, 6) is -1.75. The Morgan fingerprint density at radius 3 is 2.44 bits per heavy atom. The largest absolute Gasteiger partial charge is 0.756 e. The Balaban J connectivity index is 2.36. The smallest absolute Gasteiger partial charge is 0.305 e. The van der Waals surface area contributed by atoms with Gasteiger partial charge < -0.3 is 38.1 Å². The summed E-state index contributed by atoms with van der Waals surface area (Å²) in [5, 5.41) is 20.5. The lowest BCUT2D eigenvalue weighted by molar-refractivity contribution is -0.870. The molecular formula is C30H54NO11P. The monoisotopic (exact) mass is 635 g/mol. The van der Waals surface area contributed by atoms with Crippen molar-refractivity contribution in [3.8, 4) is 0 Å². The SMILES string of the molecule is CCCCC[C@H](O)/C=C/[C@H]1C(=O)C[C@H](O)[C@@H]1CCCCCCC(=O)OC[C@H](COP(=O)([O-])OCC[N+](C)(C)C)OC(C)=O. The maximum Gasteiger partial charge on any atom is 0.305 e. The highest BCUT2D eigenvalue weighted by molar-refractivity contribution is 7.45. The second kappa shape index (κ2) is 20.4. The summed E-state index contributed by atoms with van der Waals surface area (Å²) in [6.45, 7) is 2.72. The van der Waals surface area contributed by atoms with Crippen molar-refractivity contribution in [3.05, 3.63) is 12.2 Å². The Bertz CT molecular complexity index is 920. The molecule has 0 aliphatic heterocycles. The van der Waals surface area contributed by atoms with E-state index in [-0.39, 0.29) is 43.7 Å². The molecule has 1 fully saturated rings. The summed E-state index contributed by atoms with van der Waals surface area (Å²) in [6.07, 6.45) is 8.61. The number of Topliss-reactive ketones (excluding diaryl/α,β-unsaturated/α-hetero) is 1. The first kappa shape index (κ1) is 39.4. The molecule has 0 heterocycles. The minimum atomic E-state index is -4.63. The summed E-state index contributed by atoms with van der Waals surface area (Å²) in [6, 6.07) is 0. The van der Waals surface area contributed by atoms with Gasteiger partial charge in [0.2, 0.25) is 0 Å². The fourth-order valence-electron chi connectivity index (χ4n) is 4.79. The van der Waals surface area contributed by atoms with Gasteiger partial charge in [0.15, 0.2) is 6.10 Å². The van der Waals surface area contributed by atoms with Crippen LogP contribution in [0.25, 0.3) is 0 Å². The van der Waals surface area contributed by atoms with Crippen molar-refractivity contribution in [2.24, 2.45) is 11.8 Å². The first-order valence-electron chi connectivity index (χ1n) is 15.4. The van der Waals surface area contributed by atoms with Crippen LogP contribution >= 0.6 is 7.82 Å². The predicted octanol–water partition coefficient (Wildman–Crippen LogP) is 3.07. The average Bonchev–Trinajstić information content (AvgIpc) is 3.17. The summed E-state index contributed by atoms with van der Waals surface area (Å²) < 4.78 is 32.3. The maximum atomic E-state index is 12.4. The molecule has 2 N–H and O–H groups in total. The van der Waals surface area contributed by atoms with Crippen LogP contribution in [0.2, 0.25) is 0 Å². The standard InChI is InChI=1S/C30H54NO11P/c1-6-7-10-13-24(33)16-17-27-26(28(34)20-29(27)35)14-11-8-9-12-15-30(36)39-21-25(42-23(2)32)22-41-43(37,38)40-19-18-31(3,4)5/h16-17,24-28,33-34H,6-15,18-22H2,1-5H3/b17-16+/t24-,25+,26+,27+,28-/m0/s1. The van der Waals surface area contributed by atoms with E-state index in [0.717, 1.165) is 45.4 Å². The van der Waals surface area contributed by atoms with Gasteiger partial charge in [-0.1, -0.05) is 57.6 Å². The minimum absolute atomic E-state index is 0.000153. The van der Waals surface area contributed by atoms with Gasteiger partial charge in [-0.3, -0.25) is 18.9 Å². The zero-order chi connectivity index (χ0) is 32.5. The molecular weight excluding hydrogens is 581 g/mol. The second-order valence-electron chi connectivity index (χ2n) is 12.3. The lowest BCUT2D eigenvalue weighted by Gasteiger charge is -2.28. The number of hydrogen-bond acceptors (Lipinski definition) is 11. The molecule has 0 aromatic rings. The molecule has 1 rings (SSSR count). The van der Waals surface area contributed by atoms with E-state index in [0.29, 0.717) is 30.3 Å². The van der Waals surface area contributed by atoms with Crippen molar-refractivity contribution in [1.29, 1.82) is 0 Å². The van der Waals surface area contributed by atoms with E-state index < -0.39 is 44.7 Å². The first-order valence-corrected chi connectivity index (χ1v) is 16.9. The third-order valence-electron chi connectivity index (χ3n) is 7.24. The van der Waals surface area contributed by atoms with Crippen LogP contribution in [-0.2, 0) is 37.5 Å². The third kappa shape index (κ3) is 18.7. The molecule has 6 atom stereocenters. The van der Waals surface area contributed by atoms with Crippen molar-refractivity contribution in [3.63, 3.8) is 0 Å². The number of esters is 2. The predicted molar refractivity (Wildman–Crippen MR) is 159 cm³/mol. The van der Waals surface area contributed by atoms with Gasteiger partial charge in [-0.25, -0.2) is 0 Å². The molecule has 1 aliphatic rings. The molecule has 0 bridgehead atoms.